The highest BCUT2D eigenvalue weighted by atomic mass is 19.2. The van der Waals surface area contributed by atoms with E-state index in [-0.39, 0.29) is 6.54 Å². The number of amides is 1. The minimum absolute atomic E-state index is 0.0127. The first kappa shape index (κ1) is 23.5. The Bertz CT molecular complexity index is 881. The molecule has 4 rings (SSSR count). The first-order chi connectivity index (χ1) is 14.5. The van der Waals surface area contributed by atoms with Crippen molar-refractivity contribution in [3.8, 4) is 12.3 Å². The summed E-state index contributed by atoms with van der Waals surface area (Å²) < 4.78 is 67.3. The van der Waals surface area contributed by atoms with Gasteiger partial charge in [0, 0.05) is 19.1 Å². The fraction of sp³-hybridized carbons (Fsp3) is 0.609. The van der Waals surface area contributed by atoms with Crippen LogP contribution in [0.4, 0.5) is 22.0 Å². The average molecular weight is 442 g/mol. The zero-order valence-corrected chi connectivity index (χ0v) is 17.9. The van der Waals surface area contributed by atoms with Gasteiger partial charge in [-0.3, -0.25) is 9.69 Å². The Morgan fingerprint density at radius 1 is 1.10 bits per heavy atom. The number of terminal acetylenes is 1. The monoisotopic (exact) mass is 442 g/mol. The molecule has 0 spiro atoms. The van der Waals surface area contributed by atoms with Gasteiger partial charge < -0.3 is 5.32 Å². The van der Waals surface area contributed by atoms with Gasteiger partial charge in [0.25, 0.3) is 5.91 Å². The van der Waals surface area contributed by atoms with E-state index in [1.54, 1.807) is 0 Å². The van der Waals surface area contributed by atoms with Crippen molar-refractivity contribution in [3.05, 3.63) is 34.6 Å². The summed E-state index contributed by atoms with van der Waals surface area (Å²) in [7, 11) is 0. The van der Waals surface area contributed by atoms with Crippen LogP contribution < -0.4 is 5.32 Å². The molecule has 31 heavy (non-hydrogen) atoms. The van der Waals surface area contributed by atoms with Crippen molar-refractivity contribution in [2.75, 3.05) is 19.6 Å². The largest absolute Gasteiger partial charge is 0.352 e. The summed E-state index contributed by atoms with van der Waals surface area (Å²) >= 11 is 0. The Morgan fingerprint density at radius 3 is 2.19 bits per heavy atom. The lowest BCUT2D eigenvalue weighted by atomic mass is 9.44. The number of halogens is 5. The van der Waals surface area contributed by atoms with Crippen LogP contribution in [0.2, 0.25) is 0 Å². The highest BCUT2D eigenvalue weighted by Gasteiger charge is 2.56. The number of nitrogens with one attached hydrogen (secondary N) is 1. The van der Waals surface area contributed by atoms with Gasteiger partial charge in [0.05, 0.1) is 6.54 Å². The Morgan fingerprint density at radius 2 is 1.68 bits per heavy atom. The molecule has 0 heterocycles. The molecule has 3 fully saturated rings. The van der Waals surface area contributed by atoms with Gasteiger partial charge in [0.1, 0.15) is 5.56 Å². The molecule has 4 atom stereocenters. The summed E-state index contributed by atoms with van der Waals surface area (Å²) in [6, 6.07) is 0.318. The average Bonchev–Trinajstić information content (AvgIpc) is 2.73. The quantitative estimate of drug-likeness (QED) is 0.222. The van der Waals surface area contributed by atoms with Crippen LogP contribution in [0.5, 0.6) is 0 Å². The molecule has 1 aromatic carbocycles. The minimum Gasteiger partial charge on any atom is -0.352 e. The van der Waals surface area contributed by atoms with E-state index in [1.807, 2.05) is 0 Å². The number of hydrogen-bond donors (Lipinski definition) is 1. The Labute approximate surface area is 179 Å². The number of carbonyl (C=O) groups excluding carboxylic acids is 1. The normalized spacial score (nSPS) is 26.3. The van der Waals surface area contributed by atoms with Crippen molar-refractivity contribution in [1.82, 2.24) is 10.2 Å². The van der Waals surface area contributed by atoms with E-state index in [0.29, 0.717) is 48.7 Å². The van der Waals surface area contributed by atoms with E-state index in [1.165, 1.54) is 6.42 Å². The molecule has 0 radical (unpaired) electrons. The number of carbonyl (C=O) groups is 1. The fourth-order valence-electron chi connectivity index (χ4n) is 5.46. The summed E-state index contributed by atoms with van der Waals surface area (Å²) in [6.45, 7) is 7.86. The predicted octanol–water partition coefficient (Wildman–Crippen LogP) is 4.51. The number of fused-ring (bicyclic) bond motifs is 2. The van der Waals surface area contributed by atoms with E-state index >= 15 is 0 Å². The van der Waals surface area contributed by atoms with E-state index in [2.05, 4.69) is 36.9 Å². The molecule has 0 saturated heterocycles. The third-order valence-corrected chi connectivity index (χ3v) is 7.42. The molecular formula is C23H27F5N2O. The van der Waals surface area contributed by atoms with Crippen molar-refractivity contribution in [2.45, 2.75) is 46.1 Å². The van der Waals surface area contributed by atoms with E-state index in [9.17, 15) is 26.7 Å². The molecule has 3 aliphatic rings. The van der Waals surface area contributed by atoms with Crippen LogP contribution in [-0.2, 0) is 0 Å². The maximum Gasteiger partial charge on any atom is 0.257 e. The fourth-order valence-corrected chi connectivity index (χ4v) is 5.46. The summed E-state index contributed by atoms with van der Waals surface area (Å²) in [6.07, 6.45) is 8.23. The first-order valence-electron chi connectivity index (χ1n) is 10.5. The van der Waals surface area contributed by atoms with Gasteiger partial charge in [0.15, 0.2) is 23.3 Å². The lowest BCUT2D eigenvalue weighted by Gasteiger charge is -2.63. The zero-order chi connectivity index (χ0) is 23.1. The van der Waals surface area contributed by atoms with Crippen molar-refractivity contribution in [2.24, 2.45) is 23.2 Å². The molecule has 0 aromatic heterocycles. The van der Waals surface area contributed by atoms with E-state index < -0.39 is 40.6 Å². The van der Waals surface area contributed by atoms with Gasteiger partial charge >= 0.3 is 0 Å². The molecule has 3 nitrogen and oxygen atoms in total. The second kappa shape index (κ2) is 8.78. The SMILES string of the molecule is C#CCN(CCCNC(=O)c1c(F)c(F)c(F)c(F)c1F)C1C[C@@H]2C[C@H]([C@H]1C)C2(C)C. The van der Waals surface area contributed by atoms with Crippen LogP contribution in [0.15, 0.2) is 0 Å². The van der Waals surface area contributed by atoms with Crippen LogP contribution in [0, 0.1) is 64.6 Å². The summed E-state index contributed by atoms with van der Waals surface area (Å²) in [5.74, 6) is -7.78. The molecular weight excluding hydrogens is 415 g/mol. The molecule has 2 bridgehead atoms. The number of hydrogen-bond acceptors (Lipinski definition) is 2. The molecule has 3 saturated carbocycles. The van der Waals surface area contributed by atoms with E-state index in [0.717, 1.165) is 6.42 Å². The third-order valence-electron chi connectivity index (χ3n) is 7.42. The molecule has 1 N–H and O–H groups in total. The molecule has 1 amide bonds. The van der Waals surface area contributed by atoms with Gasteiger partial charge in [0.2, 0.25) is 5.82 Å². The lowest BCUT2D eigenvalue weighted by Crippen LogP contribution is -2.60. The predicted molar refractivity (Wildman–Crippen MR) is 107 cm³/mol. The van der Waals surface area contributed by atoms with Gasteiger partial charge in [-0.05, 0) is 42.4 Å². The molecule has 0 aliphatic heterocycles. The van der Waals surface area contributed by atoms with Gasteiger partial charge in [-0.2, -0.15) is 0 Å². The molecule has 3 aliphatic carbocycles. The second-order valence-electron chi connectivity index (χ2n) is 9.25. The van der Waals surface area contributed by atoms with Crippen LogP contribution in [0.3, 0.4) is 0 Å². The third kappa shape index (κ3) is 4.05. The smallest absolute Gasteiger partial charge is 0.257 e. The van der Waals surface area contributed by atoms with Crippen molar-refractivity contribution in [3.63, 3.8) is 0 Å². The maximum atomic E-state index is 13.8. The molecule has 8 heteroatoms. The van der Waals surface area contributed by atoms with Crippen molar-refractivity contribution >= 4 is 5.91 Å². The molecule has 1 unspecified atom stereocenters. The highest BCUT2D eigenvalue weighted by molar-refractivity contribution is 5.94. The van der Waals surface area contributed by atoms with Crippen LogP contribution in [-0.4, -0.2) is 36.5 Å². The van der Waals surface area contributed by atoms with Crippen LogP contribution in [0.25, 0.3) is 0 Å². The van der Waals surface area contributed by atoms with E-state index in [4.69, 9.17) is 6.42 Å². The lowest BCUT2D eigenvalue weighted by molar-refractivity contribution is -0.137. The zero-order valence-electron chi connectivity index (χ0n) is 17.9. The standard InChI is InChI=1S/C23H27F5N2O/c1-5-8-30(15-11-13-10-14(12(15)2)23(13,3)4)9-6-7-29-22(31)16-17(24)19(26)21(28)20(27)18(16)25/h1,12-15H,6-11H2,2-4H3,(H,29,31)/t12-,13+,14-,15?/m1/s1. The minimum atomic E-state index is -2.29. The number of nitrogens with zero attached hydrogens (tertiary/aromatic N) is 1. The highest BCUT2D eigenvalue weighted by Crippen LogP contribution is 2.61. The first-order valence-corrected chi connectivity index (χ1v) is 10.5. The Hall–Kier alpha value is -2.14. The topological polar surface area (TPSA) is 32.3 Å². The van der Waals surface area contributed by atoms with Crippen LogP contribution >= 0.6 is 0 Å². The summed E-state index contributed by atoms with van der Waals surface area (Å²) in [5, 5.41) is 2.24. The van der Waals surface area contributed by atoms with Gasteiger partial charge in [-0.15, -0.1) is 6.42 Å². The number of rotatable bonds is 7. The van der Waals surface area contributed by atoms with Crippen molar-refractivity contribution in [1.29, 1.82) is 0 Å². The van der Waals surface area contributed by atoms with Gasteiger partial charge in [-0.25, -0.2) is 22.0 Å². The van der Waals surface area contributed by atoms with Crippen LogP contribution in [0.1, 0.15) is 50.4 Å². The summed E-state index contributed by atoms with van der Waals surface area (Å²) in [4.78, 5) is 14.2. The second-order valence-corrected chi connectivity index (χ2v) is 9.25. The molecule has 170 valence electrons. The molecule has 1 aromatic rings. The Balaban J connectivity index is 1.58. The van der Waals surface area contributed by atoms with Gasteiger partial charge in [-0.1, -0.05) is 26.7 Å². The number of benzene rings is 1. The summed E-state index contributed by atoms with van der Waals surface area (Å²) in [5.41, 5.74) is -1.14. The Kier molecular flexibility index (Phi) is 6.66. The van der Waals surface area contributed by atoms with Crippen molar-refractivity contribution < 1.29 is 26.7 Å². The maximum absolute atomic E-state index is 13.8.